The molecular weight excluding hydrogens is 299 g/mol. The summed E-state index contributed by atoms with van der Waals surface area (Å²) in [5.74, 6) is 0.789. The van der Waals surface area contributed by atoms with Crippen molar-refractivity contribution >= 4 is 21.7 Å². The lowest BCUT2D eigenvalue weighted by molar-refractivity contribution is 0.101. The van der Waals surface area contributed by atoms with Crippen LogP contribution < -0.4 is 4.74 Å². The first kappa shape index (κ1) is 12.8. The van der Waals surface area contributed by atoms with Crippen LogP contribution in [-0.2, 0) is 0 Å². The first-order valence-corrected chi connectivity index (χ1v) is 6.09. The van der Waals surface area contributed by atoms with E-state index >= 15 is 0 Å². The van der Waals surface area contributed by atoms with Crippen molar-refractivity contribution in [2.24, 2.45) is 0 Å². The van der Waals surface area contributed by atoms with Gasteiger partial charge >= 0.3 is 0 Å². The van der Waals surface area contributed by atoms with Gasteiger partial charge in [-0.25, -0.2) is 4.39 Å². The van der Waals surface area contributed by atoms with Gasteiger partial charge in [0.25, 0.3) is 0 Å². The molecule has 92 valence electrons. The molecule has 2 rings (SSSR count). The normalized spacial score (nSPS) is 10.2. The third kappa shape index (κ3) is 2.96. The molecular formula is C14H10BrFO2. The van der Waals surface area contributed by atoms with E-state index in [1.807, 2.05) is 0 Å². The summed E-state index contributed by atoms with van der Waals surface area (Å²) in [4.78, 5) is 11.2. The van der Waals surface area contributed by atoms with Crippen molar-refractivity contribution in [3.63, 3.8) is 0 Å². The van der Waals surface area contributed by atoms with E-state index in [0.717, 1.165) is 0 Å². The molecule has 0 aliphatic rings. The number of carbonyl (C=O) groups excluding carboxylic acids is 1. The van der Waals surface area contributed by atoms with Gasteiger partial charge in [-0.05, 0) is 65.3 Å². The molecule has 2 nitrogen and oxygen atoms in total. The second-order valence-corrected chi connectivity index (χ2v) is 4.61. The van der Waals surface area contributed by atoms with E-state index in [2.05, 4.69) is 15.9 Å². The molecule has 0 atom stereocenters. The Morgan fingerprint density at radius 1 is 1.17 bits per heavy atom. The van der Waals surface area contributed by atoms with Gasteiger partial charge in [-0.1, -0.05) is 0 Å². The first-order valence-electron chi connectivity index (χ1n) is 5.30. The topological polar surface area (TPSA) is 26.3 Å². The molecule has 18 heavy (non-hydrogen) atoms. The number of carbonyl (C=O) groups is 1. The van der Waals surface area contributed by atoms with E-state index in [1.54, 1.807) is 30.3 Å². The summed E-state index contributed by atoms with van der Waals surface area (Å²) in [5.41, 5.74) is 0.605. The number of ketones is 1. The van der Waals surface area contributed by atoms with Crippen molar-refractivity contribution in [2.45, 2.75) is 6.92 Å². The minimum Gasteiger partial charge on any atom is -0.456 e. The fourth-order valence-corrected chi connectivity index (χ4v) is 1.89. The summed E-state index contributed by atoms with van der Waals surface area (Å²) in [5, 5.41) is 0. The molecule has 0 aromatic heterocycles. The highest BCUT2D eigenvalue weighted by molar-refractivity contribution is 9.10. The predicted octanol–water partition coefficient (Wildman–Crippen LogP) is 4.58. The van der Waals surface area contributed by atoms with E-state index in [4.69, 9.17) is 4.74 Å². The van der Waals surface area contributed by atoms with Crippen LogP contribution in [-0.4, -0.2) is 5.78 Å². The Hall–Kier alpha value is -1.68. The van der Waals surface area contributed by atoms with Gasteiger partial charge in [0, 0.05) is 5.56 Å². The molecule has 0 radical (unpaired) electrons. The van der Waals surface area contributed by atoms with Crippen LogP contribution in [0.2, 0.25) is 0 Å². The average Bonchev–Trinajstić information content (AvgIpc) is 2.34. The van der Waals surface area contributed by atoms with Crippen molar-refractivity contribution in [3.05, 3.63) is 58.3 Å². The molecule has 0 fully saturated rings. The fourth-order valence-electron chi connectivity index (χ4n) is 1.43. The maximum atomic E-state index is 12.7. The standard InChI is InChI=1S/C14H10BrFO2/c1-9(17)10-2-7-14(13(15)8-10)18-12-5-3-11(16)4-6-12/h2-8H,1H3. The van der Waals surface area contributed by atoms with Crippen molar-refractivity contribution in [1.82, 2.24) is 0 Å². The zero-order chi connectivity index (χ0) is 13.1. The van der Waals surface area contributed by atoms with E-state index in [1.165, 1.54) is 19.1 Å². The van der Waals surface area contributed by atoms with E-state index in [0.29, 0.717) is 21.5 Å². The monoisotopic (exact) mass is 308 g/mol. The van der Waals surface area contributed by atoms with Crippen molar-refractivity contribution in [3.8, 4) is 11.5 Å². The molecule has 0 amide bonds. The molecule has 0 bridgehead atoms. The van der Waals surface area contributed by atoms with Gasteiger partial charge in [-0.3, -0.25) is 4.79 Å². The van der Waals surface area contributed by atoms with E-state index in [-0.39, 0.29) is 11.6 Å². The zero-order valence-electron chi connectivity index (χ0n) is 9.61. The molecule has 0 unspecified atom stereocenters. The lowest BCUT2D eigenvalue weighted by atomic mass is 10.1. The van der Waals surface area contributed by atoms with Gasteiger partial charge < -0.3 is 4.74 Å². The molecule has 2 aromatic rings. The third-order valence-electron chi connectivity index (χ3n) is 2.38. The Bertz CT molecular complexity index is 579. The largest absolute Gasteiger partial charge is 0.456 e. The second-order valence-electron chi connectivity index (χ2n) is 3.76. The molecule has 0 saturated heterocycles. The second kappa shape index (κ2) is 5.31. The number of ether oxygens (including phenoxy) is 1. The van der Waals surface area contributed by atoms with Crippen LogP contribution in [0, 0.1) is 5.82 Å². The van der Waals surface area contributed by atoms with Crippen LogP contribution in [0.5, 0.6) is 11.5 Å². The van der Waals surface area contributed by atoms with E-state index < -0.39 is 0 Å². The quantitative estimate of drug-likeness (QED) is 0.776. The lowest BCUT2D eigenvalue weighted by Gasteiger charge is -2.08. The summed E-state index contributed by atoms with van der Waals surface area (Å²) in [6, 6.07) is 10.8. The van der Waals surface area contributed by atoms with Gasteiger partial charge in [-0.2, -0.15) is 0 Å². The highest BCUT2D eigenvalue weighted by Crippen LogP contribution is 2.30. The first-order chi connectivity index (χ1) is 8.56. The molecule has 0 saturated carbocycles. The van der Waals surface area contributed by atoms with Crippen LogP contribution >= 0.6 is 15.9 Å². The van der Waals surface area contributed by atoms with Gasteiger partial charge in [0.15, 0.2) is 5.78 Å². The predicted molar refractivity (Wildman–Crippen MR) is 70.6 cm³/mol. The molecule has 2 aromatic carbocycles. The van der Waals surface area contributed by atoms with Crippen LogP contribution in [0.15, 0.2) is 46.9 Å². The van der Waals surface area contributed by atoms with Gasteiger partial charge in [0.05, 0.1) is 4.47 Å². The summed E-state index contributed by atoms with van der Waals surface area (Å²) in [6.07, 6.45) is 0. The number of Topliss-reactive ketones (excluding diaryl/α,β-unsaturated/α-hetero) is 1. The highest BCUT2D eigenvalue weighted by Gasteiger charge is 2.06. The molecule has 0 N–H and O–H groups in total. The Kier molecular flexibility index (Phi) is 3.77. The minimum absolute atomic E-state index is 0.0102. The Balaban J connectivity index is 2.24. The number of hydrogen-bond donors (Lipinski definition) is 0. The van der Waals surface area contributed by atoms with Crippen molar-refractivity contribution in [2.75, 3.05) is 0 Å². The van der Waals surface area contributed by atoms with Crippen molar-refractivity contribution < 1.29 is 13.9 Å². The minimum atomic E-state index is -0.312. The van der Waals surface area contributed by atoms with Gasteiger partial charge in [0.1, 0.15) is 17.3 Å². The average molecular weight is 309 g/mol. The summed E-state index contributed by atoms with van der Waals surface area (Å²) < 4.78 is 19.0. The third-order valence-corrected chi connectivity index (χ3v) is 3.00. The summed E-state index contributed by atoms with van der Waals surface area (Å²) in [7, 11) is 0. The molecule has 0 aliphatic carbocycles. The van der Waals surface area contributed by atoms with Crippen LogP contribution in [0.25, 0.3) is 0 Å². The van der Waals surface area contributed by atoms with Gasteiger partial charge in [0.2, 0.25) is 0 Å². The van der Waals surface area contributed by atoms with Crippen molar-refractivity contribution in [1.29, 1.82) is 0 Å². The number of halogens is 2. The summed E-state index contributed by atoms with van der Waals surface area (Å²) >= 11 is 3.34. The van der Waals surface area contributed by atoms with Crippen LogP contribution in [0.4, 0.5) is 4.39 Å². The van der Waals surface area contributed by atoms with E-state index in [9.17, 15) is 9.18 Å². The Morgan fingerprint density at radius 2 is 1.83 bits per heavy atom. The maximum absolute atomic E-state index is 12.7. The lowest BCUT2D eigenvalue weighted by Crippen LogP contribution is -1.93. The number of hydrogen-bond acceptors (Lipinski definition) is 2. The molecule has 0 spiro atoms. The zero-order valence-corrected chi connectivity index (χ0v) is 11.2. The maximum Gasteiger partial charge on any atom is 0.159 e. The fraction of sp³-hybridized carbons (Fsp3) is 0.0714. The number of benzene rings is 2. The molecule has 0 heterocycles. The smallest absolute Gasteiger partial charge is 0.159 e. The number of rotatable bonds is 3. The van der Waals surface area contributed by atoms with Crippen LogP contribution in [0.1, 0.15) is 17.3 Å². The Morgan fingerprint density at radius 3 is 2.39 bits per heavy atom. The Labute approximate surface area is 113 Å². The molecule has 4 heteroatoms. The van der Waals surface area contributed by atoms with Crippen LogP contribution in [0.3, 0.4) is 0 Å². The van der Waals surface area contributed by atoms with Gasteiger partial charge in [-0.15, -0.1) is 0 Å². The SMILES string of the molecule is CC(=O)c1ccc(Oc2ccc(F)cc2)c(Br)c1. The summed E-state index contributed by atoms with van der Waals surface area (Å²) in [6.45, 7) is 1.50. The highest BCUT2D eigenvalue weighted by atomic mass is 79.9. The molecule has 0 aliphatic heterocycles.